The van der Waals surface area contributed by atoms with E-state index in [2.05, 4.69) is 0 Å². The minimum absolute atomic E-state index is 0.0562. The molecule has 0 saturated heterocycles. The Hall–Kier alpha value is -1.71. The van der Waals surface area contributed by atoms with Crippen LogP contribution >= 0.6 is 0 Å². The minimum Gasteiger partial charge on any atom is -0.508 e. The van der Waals surface area contributed by atoms with Crippen LogP contribution in [-0.2, 0) is 4.74 Å². The molecule has 0 aliphatic rings. The Morgan fingerprint density at radius 3 is 2.27 bits per heavy atom. The molecule has 8 nitrogen and oxygen atoms in total. The van der Waals surface area contributed by atoms with Gasteiger partial charge in [0.05, 0.1) is 12.2 Å². The second-order valence-corrected chi connectivity index (χ2v) is 4.90. The fourth-order valence-corrected chi connectivity index (χ4v) is 1.64. The number of aliphatic hydroxyl groups is 5. The lowest BCUT2D eigenvalue weighted by atomic mass is 10.0. The molecule has 0 fully saturated rings. The van der Waals surface area contributed by atoms with Crippen LogP contribution in [0.3, 0.4) is 0 Å². The number of carbonyl (C=O) groups is 1. The van der Waals surface area contributed by atoms with Crippen molar-refractivity contribution in [1.29, 1.82) is 0 Å². The van der Waals surface area contributed by atoms with E-state index in [-0.39, 0.29) is 11.3 Å². The van der Waals surface area contributed by atoms with Crippen molar-refractivity contribution in [2.24, 2.45) is 0 Å². The molecule has 4 atom stereocenters. The molecule has 0 aliphatic carbocycles. The zero-order chi connectivity index (χ0) is 16.9. The molecule has 6 N–H and O–H groups in total. The molecule has 0 bridgehead atoms. The van der Waals surface area contributed by atoms with Crippen LogP contribution < -0.4 is 0 Å². The number of aryl methyl sites for hydroxylation is 1. The molecule has 124 valence electrons. The van der Waals surface area contributed by atoms with Crippen LogP contribution in [0.1, 0.15) is 15.9 Å². The van der Waals surface area contributed by atoms with Crippen LogP contribution in [0.25, 0.3) is 0 Å². The van der Waals surface area contributed by atoms with Crippen molar-refractivity contribution in [2.75, 3.05) is 13.2 Å². The van der Waals surface area contributed by atoms with E-state index >= 15 is 0 Å². The maximum Gasteiger partial charge on any atom is 0.338 e. The SMILES string of the molecule is Cc1ccc(C(=O)OCC(O)C(O)C(O)C(O)CO)cc1O. The predicted octanol–water partition coefficient (Wildman–Crippen LogP) is -1.71. The highest BCUT2D eigenvalue weighted by atomic mass is 16.5. The van der Waals surface area contributed by atoms with E-state index in [1.54, 1.807) is 6.92 Å². The first-order valence-electron chi connectivity index (χ1n) is 6.57. The molecule has 4 unspecified atom stereocenters. The third-order valence-electron chi connectivity index (χ3n) is 3.16. The topological polar surface area (TPSA) is 148 Å². The second-order valence-electron chi connectivity index (χ2n) is 4.90. The fourth-order valence-electron chi connectivity index (χ4n) is 1.64. The molecule has 0 saturated carbocycles. The van der Waals surface area contributed by atoms with E-state index in [0.717, 1.165) is 0 Å². The Morgan fingerprint density at radius 1 is 1.14 bits per heavy atom. The summed E-state index contributed by atoms with van der Waals surface area (Å²) in [7, 11) is 0. The van der Waals surface area contributed by atoms with E-state index in [1.165, 1.54) is 18.2 Å². The van der Waals surface area contributed by atoms with Crippen molar-refractivity contribution in [2.45, 2.75) is 31.3 Å². The average Bonchev–Trinajstić information content (AvgIpc) is 2.52. The Labute approximate surface area is 126 Å². The Balaban J connectivity index is 2.57. The Morgan fingerprint density at radius 2 is 1.73 bits per heavy atom. The van der Waals surface area contributed by atoms with Crippen LogP contribution in [-0.4, -0.2) is 74.2 Å². The number of carbonyl (C=O) groups excluding carboxylic acids is 1. The van der Waals surface area contributed by atoms with Crippen LogP contribution in [0.4, 0.5) is 0 Å². The van der Waals surface area contributed by atoms with E-state index < -0.39 is 43.6 Å². The lowest BCUT2D eigenvalue weighted by Crippen LogP contribution is -2.47. The summed E-state index contributed by atoms with van der Waals surface area (Å²) in [5.74, 6) is -0.921. The molecule has 1 aromatic rings. The maximum absolute atomic E-state index is 11.7. The van der Waals surface area contributed by atoms with Crippen LogP contribution in [0.5, 0.6) is 5.75 Å². The quantitative estimate of drug-likeness (QED) is 0.326. The third kappa shape index (κ3) is 4.65. The van der Waals surface area contributed by atoms with Gasteiger partial charge in [-0.15, -0.1) is 0 Å². The lowest BCUT2D eigenvalue weighted by Gasteiger charge is -2.25. The molecular weight excluding hydrogens is 296 g/mol. The summed E-state index contributed by atoms with van der Waals surface area (Å²) in [6.45, 7) is 0.218. The van der Waals surface area contributed by atoms with E-state index in [4.69, 9.17) is 14.9 Å². The van der Waals surface area contributed by atoms with E-state index in [0.29, 0.717) is 5.56 Å². The van der Waals surface area contributed by atoms with Crippen LogP contribution in [0.2, 0.25) is 0 Å². The molecule has 8 heteroatoms. The minimum atomic E-state index is -1.80. The largest absolute Gasteiger partial charge is 0.508 e. The molecule has 1 aromatic carbocycles. The smallest absolute Gasteiger partial charge is 0.338 e. The van der Waals surface area contributed by atoms with Crippen molar-refractivity contribution < 1.29 is 40.2 Å². The number of phenols is 1. The van der Waals surface area contributed by atoms with Gasteiger partial charge in [0, 0.05) is 0 Å². The zero-order valence-corrected chi connectivity index (χ0v) is 12.0. The Bertz CT molecular complexity index is 504. The van der Waals surface area contributed by atoms with Crippen LogP contribution in [0.15, 0.2) is 18.2 Å². The number of phenolic OH excluding ortho intramolecular Hbond substituents is 1. The summed E-state index contributed by atoms with van der Waals surface area (Å²) in [5.41, 5.74) is 0.633. The maximum atomic E-state index is 11.7. The van der Waals surface area contributed by atoms with Gasteiger partial charge in [-0.1, -0.05) is 6.07 Å². The number of rotatable bonds is 7. The normalized spacial score (nSPS) is 16.6. The number of esters is 1. The molecule has 1 rings (SSSR count). The number of hydrogen-bond acceptors (Lipinski definition) is 8. The van der Waals surface area contributed by atoms with Gasteiger partial charge in [-0.05, 0) is 24.6 Å². The lowest BCUT2D eigenvalue weighted by molar-refractivity contribution is -0.124. The molecular formula is C14H20O8. The summed E-state index contributed by atoms with van der Waals surface area (Å²) in [6.07, 6.45) is -6.88. The van der Waals surface area contributed by atoms with Gasteiger partial charge in [0.1, 0.15) is 36.8 Å². The van der Waals surface area contributed by atoms with Gasteiger partial charge in [-0.2, -0.15) is 0 Å². The number of hydrogen-bond donors (Lipinski definition) is 6. The number of ether oxygens (including phenoxy) is 1. The van der Waals surface area contributed by atoms with Gasteiger partial charge in [-0.3, -0.25) is 0 Å². The highest BCUT2D eigenvalue weighted by molar-refractivity contribution is 5.90. The zero-order valence-electron chi connectivity index (χ0n) is 12.0. The van der Waals surface area contributed by atoms with Crippen molar-refractivity contribution >= 4 is 5.97 Å². The third-order valence-corrected chi connectivity index (χ3v) is 3.16. The first kappa shape index (κ1) is 18.3. The van der Waals surface area contributed by atoms with E-state index in [9.17, 15) is 25.2 Å². The van der Waals surface area contributed by atoms with Gasteiger partial charge in [0.2, 0.25) is 0 Å². The van der Waals surface area contributed by atoms with E-state index in [1.807, 2.05) is 0 Å². The molecule has 0 aliphatic heterocycles. The molecule has 0 heterocycles. The Kier molecular flexibility index (Phi) is 6.72. The number of benzene rings is 1. The summed E-state index contributed by atoms with van der Waals surface area (Å²) in [5, 5.41) is 55.8. The van der Waals surface area contributed by atoms with Gasteiger partial charge >= 0.3 is 5.97 Å². The fraction of sp³-hybridized carbons (Fsp3) is 0.500. The standard InChI is InChI=1S/C14H20O8/c1-7-2-3-8(4-9(7)16)14(21)22-6-11(18)13(20)12(19)10(17)5-15/h2-4,10-13,15-20H,5-6H2,1H3. The predicted molar refractivity (Wildman–Crippen MR) is 74.2 cm³/mol. The van der Waals surface area contributed by atoms with Gasteiger partial charge < -0.3 is 35.4 Å². The van der Waals surface area contributed by atoms with Gasteiger partial charge in [0.15, 0.2) is 0 Å². The number of aromatic hydroxyl groups is 1. The highest BCUT2D eigenvalue weighted by Crippen LogP contribution is 2.18. The summed E-state index contributed by atoms with van der Waals surface area (Å²) in [4.78, 5) is 11.7. The summed E-state index contributed by atoms with van der Waals surface area (Å²) < 4.78 is 4.75. The first-order chi connectivity index (χ1) is 10.3. The van der Waals surface area contributed by atoms with Crippen molar-refractivity contribution in [1.82, 2.24) is 0 Å². The molecule has 0 amide bonds. The van der Waals surface area contributed by atoms with Gasteiger partial charge in [0.25, 0.3) is 0 Å². The average molecular weight is 316 g/mol. The monoisotopic (exact) mass is 316 g/mol. The number of aliphatic hydroxyl groups excluding tert-OH is 5. The molecule has 0 spiro atoms. The van der Waals surface area contributed by atoms with Gasteiger partial charge in [-0.25, -0.2) is 4.79 Å². The first-order valence-corrected chi connectivity index (χ1v) is 6.57. The molecule has 0 radical (unpaired) electrons. The summed E-state index contributed by atoms with van der Waals surface area (Å²) >= 11 is 0. The van der Waals surface area contributed by atoms with Crippen molar-refractivity contribution in [3.63, 3.8) is 0 Å². The molecule has 0 aromatic heterocycles. The summed E-state index contributed by atoms with van der Waals surface area (Å²) in [6, 6.07) is 4.13. The van der Waals surface area contributed by atoms with Crippen LogP contribution in [0, 0.1) is 6.92 Å². The second kappa shape index (κ2) is 8.06. The van der Waals surface area contributed by atoms with Crippen molar-refractivity contribution in [3.8, 4) is 5.75 Å². The van der Waals surface area contributed by atoms with Crippen molar-refractivity contribution in [3.05, 3.63) is 29.3 Å². The molecule has 22 heavy (non-hydrogen) atoms. The highest BCUT2D eigenvalue weighted by Gasteiger charge is 2.30.